The van der Waals surface area contributed by atoms with E-state index in [2.05, 4.69) is 5.32 Å². The average molecular weight is 606 g/mol. The molecule has 3 aromatic carbocycles. The number of para-hydroxylation sites is 1. The molecular formula is C34H34ClF2N3O3. The van der Waals surface area contributed by atoms with Crippen LogP contribution < -0.4 is 10.1 Å². The lowest BCUT2D eigenvalue weighted by atomic mass is 9.82. The van der Waals surface area contributed by atoms with E-state index in [1.165, 1.54) is 18.2 Å². The summed E-state index contributed by atoms with van der Waals surface area (Å²) in [6.07, 6.45) is 2.98. The molecule has 2 fully saturated rings. The van der Waals surface area contributed by atoms with Crippen molar-refractivity contribution >= 4 is 29.0 Å². The van der Waals surface area contributed by atoms with Gasteiger partial charge in [0.15, 0.2) is 17.4 Å². The lowest BCUT2D eigenvalue weighted by Crippen LogP contribution is -2.61. The van der Waals surface area contributed by atoms with Gasteiger partial charge in [-0.2, -0.15) is 0 Å². The van der Waals surface area contributed by atoms with Crippen LogP contribution in [0.2, 0.25) is 5.02 Å². The first kappa shape index (κ1) is 29.3. The maximum absolute atomic E-state index is 14.5. The quantitative estimate of drug-likeness (QED) is 0.336. The first-order chi connectivity index (χ1) is 20.8. The molecule has 2 atom stereocenters. The Balaban J connectivity index is 1.27. The molecule has 224 valence electrons. The zero-order valence-electron chi connectivity index (χ0n) is 24.0. The number of hydrogen-bond donors (Lipinski definition) is 1. The van der Waals surface area contributed by atoms with Crippen molar-refractivity contribution in [1.29, 1.82) is 0 Å². The van der Waals surface area contributed by atoms with Gasteiger partial charge in [0.25, 0.3) is 5.91 Å². The molecule has 6 rings (SSSR count). The highest BCUT2D eigenvalue weighted by Gasteiger charge is 2.43. The van der Waals surface area contributed by atoms with Gasteiger partial charge in [0.1, 0.15) is 0 Å². The first-order valence-electron chi connectivity index (χ1n) is 14.7. The molecule has 1 N–H and O–H groups in total. The molecule has 6 nitrogen and oxygen atoms in total. The van der Waals surface area contributed by atoms with Crippen LogP contribution in [0.4, 0.5) is 8.78 Å². The zero-order valence-corrected chi connectivity index (χ0v) is 24.7. The molecule has 2 heterocycles. The Hall–Kier alpha value is -3.75. The molecule has 3 aliphatic rings. The summed E-state index contributed by atoms with van der Waals surface area (Å²) in [5, 5.41) is 4.25. The van der Waals surface area contributed by atoms with Gasteiger partial charge >= 0.3 is 0 Å². The van der Waals surface area contributed by atoms with E-state index in [1.807, 2.05) is 58.3 Å². The molecule has 3 aromatic rings. The fraction of sp³-hybridized carbons (Fsp3) is 0.353. The lowest BCUT2D eigenvalue weighted by molar-refractivity contribution is -0.132. The van der Waals surface area contributed by atoms with Crippen LogP contribution in [0.1, 0.15) is 42.9 Å². The van der Waals surface area contributed by atoms with E-state index >= 15 is 0 Å². The molecule has 43 heavy (non-hydrogen) atoms. The lowest BCUT2D eigenvalue weighted by Gasteiger charge is -2.44. The number of nitrogens with zero attached hydrogens (tertiary/aromatic N) is 2. The minimum Gasteiger partial charge on any atom is -0.487 e. The molecule has 2 aliphatic heterocycles. The summed E-state index contributed by atoms with van der Waals surface area (Å²) in [5.41, 5.74) is 4.50. The van der Waals surface area contributed by atoms with E-state index in [4.69, 9.17) is 16.3 Å². The third-order valence-electron chi connectivity index (χ3n) is 8.49. The van der Waals surface area contributed by atoms with Crippen molar-refractivity contribution in [3.05, 3.63) is 106 Å². The van der Waals surface area contributed by atoms with E-state index < -0.39 is 11.6 Å². The second kappa shape index (κ2) is 12.5. The fourth-order valence-corrected chi connectivity index (χ4v) is 6.30. The van der Waals surface area contributed by atoms with Gasteiger partial charge < -0.3 is 19.9 Å². The first-order valence-corrected chi connectivity index (χ1v) is 15.1. The Morgan fingerprint density at radius 3 is 2.40 bits per heavy atom. The van der Waals surface area contributed by atoms with Crippen LogP contribution in [0, 0.1) is 11.6 Å². The predicted octanol–water partition coefficient (Wildman–Crippen LogP) is 5.78. The topological polar surface area (TPSA) is 61.9 Å². The summed E-state index contributed by atoms with van der Waals surface area (Å²) in [4.78, 5) is 30.6. The molecule has 0 spiro atoms. The SMILES string of the molecule is CC(=O)N1C[C@H]2CC(c3ccc(CCOc4c(F)cccc4F)cc3)=C(C(=O)N(Cc3ccccc3Cl)C3CC3)[C@@H](C1)N2. The molecule has 0 radical (unpaired) electrons. The summed E-state index contributed by atoms with van der Waals surface area (Å²) in [7, 11) is 0. The Labute approximate surface area is 255 Å². The number of hydrogen-bond acceptors (Lipinski definition) is 4. The maximum atomic E-state index is 14.5. The number of nitrogens with one attached hydrogen (secondary N) is 1. The molecule has 2 amide bonds. The molecule has 1 aliphatic carbocycles. The highest BCUT2D eigenvalue weighted by molar-refractivity contribution is 6.31. The molecule has 9 heteroatoms. The summed E-state index contributed by atoms with van der Waals surface area (Å²) in [5.74, 6) is -1.85. The highest BCUT2D eigenvalue weighted by Crippen LogP contribution is 2.38. The van der Waals surface area contributed by atoms with E-state index in [0.717, 1.165) is 35.1 Å². The van der Waals surface area contributed by atoms with Gasteiger partial charge in [0.2, 0.25) is 5.91 Å². The minimum absolute atomic E-state index is 0.00343. The van der Waals surface area contributed by atoms with E-state index in [1.54, 1.807) is 6.92 Å². The largest absolute Gasteiger partial charge is 0.487 e. The molecule has 0 unspecified atom stereocenters. The van der Waals surface area contributed by atoms with Gasteiger partial charge in [-0.15, -0.1) is 0 Å². The van der Waals surface area contributed by atoms with E-state index in [0.29, 0.717) is 43.1 Å². The Morgan fingerprint density at radius 1 is 1.00 bits per heavy atom. The normalized spacial score (nSPS) is 19.8. The Morgan fingerprint density at radius 2 is 1.72 bits per heavy atom. The standard InChI is InChI=1S/C34H34ClF2N3O3/c1-21(41)39-19-25-17-27(23-11-9-22(10-12-23)15-16-43-33-29(36)7-4-8-30(33)37)32(31(20-39)38-25)34(42)40(26-13-14-26)18-24-5-2-3-6-28(24)35/h2-12,25-26,31,38H,13-20H2,1H3/t25-,31-/m1/s1. The van der Waals surface area contributed by atoms with Crippen LogP contribution in [-0.4, -0.2) is 59.4 Å². The van der Waals surface area contributed by atoms with Crippen molar-refractivity contribution in [2.24, 2.45) is 0 Å². The average Bonchev–Trinajstić information content (AvgIpc) is 3.83. The van der Waals surface area contributed by atoms with Gasteiger partial charge in [0.05, 0.1) is 12.6 Å². The van der Waals surface area contributed by atoms with E-state index in [-0.39, 0.29) is 42.3 Å². The fourth-order valence-electron chi connectivity index (χ4n) is 6.11. The van der Waals surface area contributed by atoms with Crippen molar-refractivity contribution in [3.8, 4) is 5.75 Å². The number of benzene rings is 3. The number of carbonyl (C=O) groups is 2. The van der Waals surface area contributed by atoms with Crippen LogP contribution >= 0.6 is 11.6 Å². The van der Waals surface area contributed by atoms with Crippen LogP contribution in [-0.2, 0) is 22.6 Å². The number of piperazine rings is 1. The highest BCUT2D eigenvalue weighted by atomic mass is 35.5. The summed E-state index contributed by atoms with van der Waals surface area (Å²) < 4.78 is 33.2. The number of amides is 2. The summed E-state index contributed by atoms with van der Waals surface area (Å²) in [6.45, 7) is 3.14. The van der Waals surface area contributed by atoms with Crippen LogP contribution in [0.3, 0.4) is 0 Å². The van der Waals surface area contributed by atoms with Crippen molar-refractivity contribution in [2.45, 2.75) is 57.3 Å². The number of rotatable bonds is 9. The molecule has 2 bridgehead atoms. The van der Waals surface area contributed by atoms with Crippen molar-refractivity contribution in [1.82, 2.24) is 15.1 Å². The van der Waals surface area contributed by atoms with E-state index in [9.17, 15) is 18.4 Å². The Kier molecular flexibility index (Phi) is 8.50. The molecule has 0 aromatic heterocycles. The summed E-state index contributed by atoms with van der Waals surface area (Å²) in [6, 6.07) is 19.1. The monoisotopic (exact) mass is 605 g/mol. The van der Waals surface area contributed by atoms with Gasteiger partial charge in [-0.05, 0) is 59.7 Å². The number of halogens is 3. The second-order valence-electron chi connectivity index (χ2n) is 11.5. The van der Waals surface area contributed by atoms with Crippen LogP contribution in [0.15, 0.2) is 72.3 Å². The van der Waals surface area contributed by atoms with Gasteiger partial charge in [-0.1, -0.05) is 60.1 Å². The van der Waals surface area contributed by atoms with Crippen molar-refractivity contribution < 1.29 is 23.1 Å². The molecule has 1 saturated heterocycles. The zero-order chi connectivity index (χ0) is 30.1. The van der Waals surface area contributed by atoms with Crippen LogP contribution in [0.5, 0.6) is 5.75 Å². The third-order valence-corrected chi connectivity index (χ3v) is 8.85. The summed E-state index contributed by atoms with van der Waals surface area (Å²) >= 11 is 6.50. The number of ether oxygens (including phenoxy) is 1. The number of fused-ring (bicyclic) bond motifs is 2. The number of carbonyl (C=O) groups excluding carboxylic acids is 2. The smallest absolute Gasteiger partial charge is 0.252 e. The van der Waals surface area contributed by atoms with Gasteiger partial charge in [0, 0.05) is 55.7 Å². The maximum Gasteiger partial charge on any atom is 0.252 e. The van der Waals surface area contributed by atoms with Crippen molar-refractivity contribution in [2.75, 3.05) is 19.7 Å². The molecule has 1 saturated carbocycles. The Bertz CT molecular complexity index is 1540. The van der Waals surface area contributed by atoms with Crippen molar-refractivity contribution in [3.63, 3.8) is 0 Å². The predicted molar refractivity (Wildman–Crippen MR) is 162 cm³/mol. The minimum atomic E-state index is -0.728. The van der Waals surface area contributed by atoms with Gasteiger partial charge in [-0.25, -0.2) is 8.78 Å². The van der Waals surface area contributed by atoms with Gasteiger partial charge in [-0.3, -0.25) is 9.59 Å². The third kappa shape index (κ3) is 6.45. The second-order valence-corrected chi connectivity index (χ2v) is 11.9. The molecular weight excluding hydrogens is 572 g/mol. The van der Waals surface area contributed by atoms with Crippen LogP contribution in [0.25, 0.3) is 5.57 Å².